The lowest BCUT2D eigenvalue weighted by Crippen LogP contribution is -2.09. The van der Waals surface area contributed by atoms with Gasteiger partial charge in [0.05, 0.1) is 22.2 Å². The van der Waals surface area contributed by atoms with E-state index >= 15 is 0 Å². The van der Waals surface area contributed by atoms with Crippen molar-refractivity contribution in [3.63, 3.8) is 0 Å². The largest absolute Gasteiger partial charge is 0.465 e. The molecular formula is C16H14N2O3S2. The molecule has 1 aromatic carbocycles. The molecule has 3 rings (SSSR count). The average Bonchev–Trinajstić information content (AvgIpc) is 3.13. The normalized spacial score (nSPS) is 10.7. The topological polar surface area (TPSA) is 68.3 Å². The molecule has 118 valence electrons. The summed E-state index contributed by atoms with van der Waals surface area (Å²) in [5.74, 6) is -0.723. The smallest absolute Gasteiger partial charge is 0.348 e. The Morgan fingerprint density at radius 1 is 1.13 bits per heavy atom. The lowest BCUT2D eigenvalue weighted by Gasteiger charge is -1.97. The first-order chi connectivity index (χ1) is 11.0. The van der Waals surface area contributed by atoms with Crippen LogP contribution in [0.25, 0.3) is 10.2 Å². The Hall–Kier alpha value is -2.25. The van der Waals surface area contributed by atoms with Gasteiger partial charge >= 0.3 is 5.97 Å². The number of rotatable bonds is 3. The second-order valence-electron chi connectivity index (χ2n) is 5.06. The van der Waals surface area contributed by atoms with Gasteiger partial charge in [0.15, 0.2) is 5.13 Å². The number of ether oxygens (including phenoxy) is 1. The Bertz CT molecular complexity index is 911. The fourth-order valence-corrected chi connectivity index (χ4v) is 4.11. The van der Waals surface area contributed by atoms with Crippen LogP contribution in [0.3, 0.4) is 0 Å². The summed E-state index contributed by atoms with van der Waals surface area (Å²) in [7, 11) is 1.31. The fourth-order valence-electron chi connectivity index (χ4n) is 2.25. The predicted octanol–water partition coefficient (Wildman–Crippen LogP) is 4.01. The SMILES string of the molecule is COC(=O)c1ccc(C(=O)Nc2nc3c(C)cc(C)cc3s2)s1. The maximum Gasteiger partial charge on any atom is 0.348 e. The Balaban J connectivity index is 1.84. The summed E-state index contributed by atoms with van der Waals surface area (Å²) in [6, 6.07) is 7.30. The summed E-state index contributed by atoms with van der Waals surface area (Å²) in [4.78, 5) is 29.0. The number of benzene rings is 1. The van der Waals surface area contributed by atoms with Crippen molar-refractivity contribution in [2.75, 3.05) is 12.4 Å². The zero-order chi connectivity index (χ0) is 16.6. The third kappa shape index (κ3) is 3.11. The van der Waals surface area contributed by atoms with Crippen LogP contribution in [0.1, 0.15) is 30.5 Å². The number of hydrogen-bond acceptors (Lipinski definition) is 6. The average molecular weight is 346 g/mol. The molecule has 3 aromatic rings. The minimum absolute atomic E-state index is 0.279. The van der Waals surface area contributed by atoms with Crippen molar-refractivity contribution >= 4 is 49.9 Å². The molecule has 5 nitrogen and oxygen atoms in total. The number of aryl methyl sites for hydroxylation is 2. The van der Waals surface area contributed by atoms with Crippen LogP contribution in [0.15, 0.2) is 24.3 Å². The van der Waals surface area contributed by atoms with Gasteiger partial charge < -0.3 is 4.74 Å². The molecule has 0 atom stereocenters. The first-order valence-corrected chi connectivity index (χ1v) is 8.48. The van der Waals surface area contributed by atoms with Crippen LogP contribution < -0.4 is 5.32 Å². The molecule has 0 spiro atoms. The van der Waals surface area contributed by atoms with E-state index in [9.17, 15) is 9.59 Å². The van der Waals surface area contributed by atoms with Gasteiger partial charge in [0.25, 0.3) is 5.91 Å². The highest BCUT2D eigenvalue weighted by molar-refractivity contribution is 7.22. The molecule has 0 aliphatic carbocycles. The van der Waals surface area contributed by atoms with E-state index < -0.39 is 5.97 Å². The molecule has 0 radical (unpaired) electrons. The number of anilines is 1. The minimum Gasteiger partial charge on any atom is -0.465 e. The molecule has 0 bridgehead atoms. The third-order valence-electron chi connectivity index (χ3n) is 3.27. The summed E-state index contributed by atoms with van der Waals surface area (Å²) >= 11 is 2.53. The second-order valence-corrected chi connectivity index (χ2v) is 7.17. The van der Waals surface area contributed by atoms with E-state index in [2.05, 4.69) is 27.2 Å². The molecule has 1 N–H and O–H groups in total. The Labute approximate surface area is 140 Å². The number of fused-ring (bicyclic) bond motifs is 1. The van der Waals surface area contributed by atoms with Crippen molar-refractivity contribution in [1.29, 1.82) is 0 Å². The molecule has 0 unspecified atom stereocenters. The second kappa shape index (κ2) is 6.10. The summed E-state index contributed by atoms with van der Waals surface area (Å²) in [5.41, 5.74) is 3.15. The maximum absolute atomic E-state index is 12.3. The molecule has 0 fully saturated rings. The molecule has 0 aliphatic heterocycles. The monoisotopic (exact) mass is 346 g/mol. The van der Waals surface area contributed by atoms with Gasteiger partial charge in [-0.1, -0.05) is 17.4 Å². The molecule has 0 saturated carbocycles. The van der Waals surface area contributed by atoms with Crippen LogP contribution in [-0.4, -0.2) is 24.0 Å². The number of carbonyl (C=O) groups is 2. The molecule has 0 saturated heterocycles. The van der Waals surface area contributed by atoms with E-state index in [1.807, 2.05) is 13.8 Å². The van der Waals surface area contributed by atoms with Crippen LogP contribution in [0.2, 0.25) is 0 Å². The summed E-state index contributed by atoms with van der Waals surface area (Å²) < 4.78 is 5.68. The number of aromatic nitrogens is 1. The highest BCUT2D eigenvalue weighted by Gasteiger charge is 2.16. The van der Waals surface area contributed by atoms with E-state index in [0.717, 1.165) is 32.7 Å². The van der Waals surface area contributed by atoms with Crippen LogP contribution in [0, 0.1) is 13.8 Å². The molecule has 1 amide bonds. The van der Waals surface area contributed by atoms with Crippen molar-refractivity contribution in [3.8, 4) is 0 Å². The van der Waals surface area contributed by atoms with Gasteiger partial charge in [-0.25, -0.2) is 9.78 Å². The van der Waals surface area contributed by atoms with Gasteiger partial charge in [-0.05, 0) is 43.2 Å². The van der Waals surface area contributed by atoms with Crippen molar-refractivity contribution in [2.45, 2.75) is 13.8 Å². The van der Waals surface area contributed by atoms with E-state index in [0.29, 0.717) is 14.9 Å². The minimum atomic E-state index is -0.444. The quantitative estimate of drug-likeness (QED) is 0.728. The first-order valence-electron chi connectivity index (χ1n) is 6.85. The highest BCUT2D eigenvalue weighted by atomic mass is 32.1. The summed E-state index contributed by atoms with van der Waals surface area (Å²) in [6.07, 6.45) is 0. The third-order valence-corrected chi connectivity index (χ3v) is 5.25. The maximum atomic E-state index is 12.3. The van der Waals surface area contributed by atoms with E-state index in [1.165, 1.54) is 18.4 Å². The van der Waals surface area contributed by atoms with E-state index in [-0.39, 0.29) is 5.91 Å². The van der Waals surface area contributed by atoms with Crippen molar-refractivity contribution in [2.24, 2.45) is 0 Å². The predicted molar refractivity (Wildman–Crippen MR) is 92.7 cm³/mol. The first kappa shape index (κ1) is 15.6. The van der Waals surface area contributed by atoms with Crippen molar-refractivity contribution in [3.05, 3.63) is 45.1 Å². The van der Waals surface area contributed by atoms with Crippen LogP contribution in [0.4, 0.5) is 5.13 Å². The summed E-state index contributed by atoms with van der Waals surface area (Å²) in [6.45, 7) is 4.03. The fraction of sp³-hybridized carbons (Fsp3) is 0.188. The van der Waals surface area contributed by atoms with Gasteiger partial charge in [-0.3, -0.25) is 10.1 Å². The lowest BCUT2D eigenvalue weighted by atomic mass is 10.1. The number of amides is 1. The number of methoxy groups -OCH3 is 1. The zero-order valence-corrected chi connectivity index (χ0v) is 14.4. The van der Waals surface area contributed by atoms with Crippen molar-refractivity contribution < 1.29 is 14.3 Å². The number of thiazole rings is 1. The molecular weight excluding hydrogens is 332 g/mol. The van der Waals surface area contributed by atoms with Crippen LogP contribution >= 0.6 is 22.7 Å². The summed E-state index contributed by atoms with van der Waals surface area (Å²) in [5, 5.41) is 3.34. The Morgan fingerprint density at radius 3 is 2.61 bits per heavy atom. The number of nitrogens with zero attached hydrogens (tertiary/aromatic N) is 1. The lowest BCUT2D eigenvalue weighted by molar-refractivity contribution is 0.0606. The van der Waals surface area contributed by atoms with Crippen molar-refractivity contribution in [1.82, 2.24) is 4.98 Å². The van der Waals surface area contributed by atoms with E-state index in [4.69, 9.17) is 0 Å². The van der Waals surface area contributed by atoms with Crippen LogP contribution in [-0.2, 0) is 4.74 Å². The molecule has 2 aromatic heterocycles. The van der Waals surface area contributed by atoms with Gasteiger partial charge in [0, 0.05) is 0 Å². The van der Waals surface area contributed by atoms with Crippen LogP contribution in [0.5, 0.6) is 0 Å². The molecule has 7 heteroatoms. The molecule has 23 heavy (non-hydrogen) atoms. The van der Waals surface area contributed by atoms with Gasteiger partial charge in [0.2, 0.25) is 0 Å². The van der Waals surface area contributed by atoms with Gasteiger partial charge in [0.1, 0.15) is 4.88 Å². The standard InChI is InChI=1S/C16H14N2O3S2/c1-8-6-9(2)13-12(7-8)23-16(17-13)18-14(19)10-4-5-11(22-10)15(20)21-3/h4-7H,1-3H3,(H,17,18,19). The van der Waals surface area contributed by atoms with E-state index in [1.54, 1.807) is 12.1 Å². The Kier molecular flexibility index (Phi) is 4.14. The van der Waals surface area contributed by atoms with Gasteiger partial charge in [-0.2, -0.15) is 0 Å². The number of hydrogen-bond donors (Lipinski definition) is 1. The highest BCUT2D eigenvalue weighted by Crippen LogP contribution is 2.30. The molecule has 0 aliphatic rings. The number of nitrogens with one attached hydrogen (secondary N) is 1. The van der Waals surface area contributed by atoms with Gasteiger partial charge in [-0.15, -0.1) is 11.3 Å². The molecule has 2 heterocycles. The zero-order valence-electron chi connectivity index (χ0n) is 12.8. The Morgan fingerprint density at radius 2 is 1.87 bits per heavy atom. The number of carbonyl (C=O) groups excluding carboxylic acids is 2. The number of thiophene rings is 1. The number of esters is 1.